The van der Waals surface area contributed by atoms with Gasteiger partial charge in [-0.25, -0.2) is 0 Å². The number of rotatable bonds is 5. The first kappa shape index (κ1) is 13.1. The molecule has 98 valence electrons. The van der Waals surface area contributed by atoms with Crippen molar-refractivity contribution in [1.82, 2.24) is 15.2 Å². The van der Waals surface area contributed by atoms with Gasteiger partial charge < -0.3 is 15.2 Å². The summed E-state index contributed by atoms with van der Waals surface area (Å²) in [7, 11) is 0. The molecular weight excluding hydrogens is 298 g/mol. The summed E-state index contributed by atoms with van der Waals surface area (Å²) in [6.07, 6.45) is 4.21. The van der Waals surface area contributed by atoms with Crippen molar-refractivity contribution in [3.63, 3.8) is 0 Å². The fourth-order valence-corrected chi connectivity index (χ4v) is 2.22. The highest BCUT2D eigenvalue weighted by molar-refractivity contribution is 9.10. The Balaban J connectivity index is 1.90. The van der Waals surface area contributed by atoms with Crippen molar-refractivity contribution in [2.24, 2.45) is 0 Å². The Hall–Kier alpha value is -1.30. The Morgan fingerprint density at radius 2 is 2.06 bits per heavy atom. The topological polar surface area (TPSA) is 63.1 Å². The molecule has 2 amide bonds. The Kier molecular flexibility index (Phi) is 4.06. The summed E-state index contributed by atoms with van der Waals surface area (Å²) in [4.78, 5) is 22.7. The molecule has 1 aliphatic carbocycles. The van der Waals surface area contributed by atoms with Gasteiger partial charge in [-0.2, -0.15) is 0 Å². The number of carbonyl (C=O) groups is 2. The van der Waals surface area contributed by atoms with E-state index in [-0.39, 0.29) is 11.8 Å². The van der Waals surface area contributed by atoms with Crippen LogP contribution in [0.5, 0.6) is 0 Å². The molecule has 0 spiro atoms. The molecule has 1 aromatic rings. The van der Waals surface area contributed by atoms with Gasteiger partial charge >= 0.3 is 0 Å². The lowest BCUT2D eigenvalue weighted by Gasteiger charge is -2.08. The molecule has 0 aliphatic heterocycles. The van der Waals surface area contributed by atoms with Gasteiger partial charge in [0.25, 0.3) is 5.91 Å². The molecule has 0 atom stereocenters. The third-order valence-corrected chi connectivity index (χ3v) is 3.21. The zero-order valence-electron chi connectivity index (χ0n) is 10.2. The van der Waals surface area contributed by atoms with Crippen LogP contribution in [0.2, 0.25) is 0 Å². The normalized spacial score (nSPS) is 14.3. The van der Waals surface area contributed by atoms with Crippen molar-refractivity contribution in [3.05, 3.63) is 22.4 Å². The highest BCUT2D eigenvalue weighted by Crippen LogP contribution is 2.37. The maximum Gasteiger partial charge on any atom is 0.268 e. The minimum absolute atomic E-state index is 0.0895. The van der Waals surface area contributed by atoms with Gasteiger partial charge in [-0.05, 0) is 34.8 Å². The summed E-state index contributed by atoms with van der Waals surface area (Å²) >= 11 is 3.39. The molecule has 1 aliphatic rings. The second kappa shape index (κ2) is 5.56. The lowest BCUT2D eigenvalue weighted by atomic mass is 10.4. The van der Waals surface area contributed by atoms with E-state index in [4.69, 9.17) is 0 Å². The molecule has 18 heavy (non-hydrogen) atoms. The third kappa shape index (κ3) is 3.35. The average Bonchev–Trinajstić information content (AvgIpc) is 3.07. The molecule has 0 saturated heterocycles. The largest absolute Gasteiger partial charge is 0.355 e. The monoisotopic (exact) mass is 313 g/mol. The predicted molar refractivity (Wildman–Crippen MR) is 71.4 cm³/mol. The standard InChI is InChI=1S/C12H16BrN3O2/c1-8(17)14-4-5-15-12(18)11-6-9(13)7-16(11)10-2-3-10/h6-7,10H,2-5H2,1H3,(H,14,17)(H,15,18). The second-order valence-corrected chi connectivity index (χ2v) is 5.34. The Labute approximate surface area is 114 Å². The van der Waals surface area contributed by atoms with Crippen molar-refractivity contribution in [3.8, 4) is 0 Å². The van der Waals surface area contributed by atoms with Crippen LogP contribution in [-0.4, -0.2) is 29.5 Å². The van der Waals surface area contributed by atoms with Crippen LogP contribution in [0.1, 0.15) is 36.3 Å². The number of carbonyl (C=O) groups excluding carboxylic acids is 2. The lowest BCUT2D eigenvalue weighted by Crippen LogP contribution is -2.34. The Bertz CT molecular complexity index is 466. The number of aromatic nitrogens is 1. The van der Waals surface area contributed by atoms with Crippen molar-refractivity contribution in [1.29, 1.82) is 0 Å². The first-order valence-corrected chi connectivity index (χ1v) is 6.77. The predicted octanol–water partition coefficient (Wildman–Crippen LogP) is 1.45. The molecule has 0 aromatic carbocycles. The molecule has 0 radical (unpaired) electrons. The molecule has 0 bridgehead atoms. The zero-order chi connectivity index (χ0) is 13.1. The van der Waals surface area contributed by atoms with Gasteiger partial charge in [-0.3, -0.25) is 9.59 Å². The highest BCUT2D eigenvalue weighted by atomic mass is 79.9. The maximum absolute atomic E-state index is 12.0. The summed E-state index contributed by atoms with van der Waals surface area (Å²) in [5.74, 6) is -0.189. The van der Waals surface area contributed by atoms with Gasteiger partial charge in [0.2, 0.25) is 5.91 Å². The van der Waals surface area contributed by atoms with E-state index in [0.717, 1.165) is 17.3 Å². The Morgan fingerprint density at radius 1 is 1.39 bits per heavy atom. The van der Waals surface area contributed by atoms with Crippen LogP contribution in [-0.2, 0) is 4.79 Å². The lowest BCUT2D eigenvalue weighted by molar-refractivity contribution is -0.118. The molecule has 2 rings (SSSR count). The van der Waals surface area contributed by atoms with E-state index in [1.807, 2.05) is 16.8 Å². The molecule has 5 nitrogen and oxygen atoms in total. The number of halogens is 1. The quantitative estimate of drug-likeness (QED) is 0.808. The molecule has 0 unspecified atom stereocenters. The van der Waals surface area contributed by atoms with Gasteiger partial charge in [0, 0.05) is 36.7 Å². The molecule has 1 aromatic heterocycles. The summed E-state index contributed by atoms with van der Waals surface area (Å²) in [5.41, 5.74) is 0.673. The highest BCUT2D eigenvalue weighted by Gasteiger charge is 2.27. The molecule has 1 heterocycles. The number of amides is 2. The number of nitrogens with zero attached hydrogens (tertiary/aromatic N) is 1. The van der Waals surface area contributed by atoms with Gasteiger partial charge in [-0.1, -0.05) is 0 Å². The molecule has 6 heteroatoms. The van der Waals surface area contributed by atoms with Gasteiger partial charge in [0.15, 0.2) is 0 Å². The van der Waals surface area contributed by atoms with Crippen molar-refractivity contribution >= 4 is 27.7 Å². The minimum atomic E-state index is -0.0991. The number of hydrogen-bond acceptors (Lipinski definition) is 2. The van der Waals surface area contributed by atoms with Gasteiger partial charge in [0.1, 0.15) is 5.69 Å². The van der Waals surface area contributed by atoms with Crippen LogP contribution in [0.4, 0.5) is 0 Å². The molecular formula is C12H16BrN3O2. The van der Waals surface area contributed by atoms with Gasteiger partial charge in [-0.15, -0.1) is 0 Å². The molecule has 1 saturated carbocycles. The van der Waals surface area contributed by atoms with Crippen LogP contribution in [0.3, 0.4) is 0 Å². The minimum Gasteiger partial charge on any atom is -0.355 e. The van der Waals surface area contributed by atoms with E-state index in [0.29, 0.717) is 24.8 Å². The summed E-state index contributed by atoms with van der Waals surface area (Å²) in [5, 5.41) is 5.43. The average molecular weight is 314 g/mol. The van der Waals surface area contributed by atoms with Crippen LogP contribution < -0.4 is 10.6 Å². The SMILES string of the molecule is CC(=O)NCCNC(=O)c1cc(Br)cn1C1CC1. The van der Waals surface area contributed by atoms with Crippen LogP contribution in [0.25, 0.3) is 0 Å². The third-order valence-electron chi connectivity index (χ3n) is 2.77. The Morgan fingerprint density at radius 3 is 2.67 bits per heavy atom. The van der Waals surface area contributed by atoms with Crippen LogP contribution in [0, 0.1) is 0 Å². The first-order chi connectivity index (χ1) is 8.58. The van der Waals surface area contributed by atoms with Crippen molar-refractivity contribution < 1.29 is 9.59 Å². The van der Waals surface area contributed by atoms with Crippen molar-refractivity contribution in [2.75, 3.05) is 13.1 Å². The molecule has 1 fully saturated rings. The summed E-state index contributed by atoms with van der Waals surface area (Å²) < 4.78 is 2.93. The van der Waals surface area contributed by atoms with E-state index in [1.54, 1.807) is 0 Å². The van der Waals surface area contributed by atoms with Crippen molar-refractivity contribution in [2.45, 2.75) is 25.8 Å². The van der Waals surface area contributed by atoms with E-state index >= 15 is 0 Å². The zero-order valence-corrected chi connectivity index (χ0v) is 11.8. The second-order valence-electron chi connectivity index (χ2n) is 4.42. The number of hydrogen-bond donors (Lipinski definition) is 2. The van der Waals surface area contributed by atoms with Gasteiger partial charge in [0.05, 0.1) is 0 Å². The smallest absolute Gasteiger partial charge is 0.268 e. The fourth-order valence-electron chi connectivity index (χ4n) is 1.79. The van der Waals surface area contributed by atoms with E-state index in [9.17, 15) is 9.59 Å². The van der Waals surface area contributed by atoms with E-state index in [1.165, 1.54) is 6.92 Å². The van der Waals surface area contributed by atoms with E-state index in [2.05, 4.69) is 26.6 Å². The van der Waals surface area contributed by atoms with E-state index < -0.39 is 0 Å². The summed E-state index contributed by atoms with van der Waals surface area (Å²) in [6.45, 7) is 2.34. The fraction of sp³-hybridized carbons (Fsp3) is 0.500. The van der Waals surface area contributed by atoms with Crippen LogP contribution >= 0.6 is 15.9 Å². The van der Waals surface area contributed by atoms with Crippen LogP contribution in [0.15, 0.2) is 16.7 Å². The molecule has 2 N–H and O–H groups in total. The summed E-state index contributed by atoms with van der Waals surface area (Å²) in [6, 6.07) is 2.29. The first-order valence-electron chi connectivity index (χ1n) is 5.98. The maximum atomic E-state index is 12.0. The number of nitrogens with one attached hydrogen (secondary N) is 2.